The average Bonchev–Trinajstić information content (AvgIpc) is 2.49. The Bertz CT molecular complexity index is 546. The molecule has 0 aromatic carbocycles. The molecule has 0 aromatic rings. The maximum Gasteiger partial charge on any atom is 0.209 e. The van der Waals surface area contributed by atoms with Gasteiger partial charge in [0.1, 0.15) is 0 Å². The highest BCUT2D eigenvalue weighted by Crippen LogP contribution is 2.15. The van der Waals surface area contributed by atoms with E-state index in [1.54, 1.807) is 0 Å². The molecule has 10 heteroatoms. The molecule has 0 saturated carbocycles. The molecule has 1 aliphatic rings. The van der Waals surface area contributed by atoms with Gasteiger partial charge in [-0.15, -0.1) is 24.0 Å². The summed E-state index contributed by atoms with van der Waals surface area (Å²) in [5, 5.41) is 6.58. The highest BCUT2D eigenvalue weighted by molar-refractivity contribution is 14.0. The second kappa shape index (κ2) is 11.0. The van der Waals surface area contributed by atoms with Gasteiger partial charge >= 0.3 is 0 Å². The van der Waals surface area contributed by atoms with Gasteiger partial charge in [0.05, 0.1) is 26.0 Å². The molecule has 26 heavy (non-hydrogen) atoms. The van der Waals surface area contributed by atoms with Crippen molar-refractivity contribution in [2.45, 2.75) is 45.7 Å². The lowest BCUT2D eigenvalue weighted by atomic mass is 10.0. The Kier molecular flexibility index (Phi) is 10.9. The summed E-state index contributed by atoms with van der Waals surface area (Å²) in [5.41, 5.74) is -0.670. The Labute approximate surface area is 176 Å². The fourth-order valence-corrected chi connectivity index (χ4v) is 3.80. The lowest BCUT2D eigenvalue weighted by molar-refractivity contribution is -0.00834. The van der Waals surface area contributed by atoms with E-state index in [2.05, 4.69) is 39.1 Å². The van der Waals surface area contributed by atoms with Crippen LogP contribution in [-0.4, -0.2) is 82.5 Å². The third-order valence-electron chi connectivity index (χ3n) is 3.99. The normalized spacial score (nSPS) is 17.5. The summed E-state index contributed by atoms with van der Waals surface area (Å²) in [6.07, 6.45) is 1.16. The van der Waals surface area contributed by atoms with Crippen molar-refractivity contribution in [3.63, 3.8) is 0 Å². The molecule has 0 aromatic heterocycles. The Hall–Kier alpha value is -0.170. The van der Waals surface area contributed by atoms with Crippen LogP contribution >= 0.6 is 24.0 Å². The molecule has 3 N–H and O–H groups in total. The number of guanidine groups is 1. The van der Waals surface area contributed by atoms with E-state index in [1.165, 1.54) is 0 Å². The van der Waals surface area contributed by atoms with Crippen LogP contribution < -0.4 is 15.4 Å². The van der Waals surface area contributed by atoms with Crippen LogP contribution in [0.1, 0.15) is 34.6 Å². The van der Waals surface area contributed by atoms with Crippen molar-refractivity contribution in [3.05, 3.63) is 0 Å². The Balaban J connectivity index is 0.00000625. The number of rotatable bonds is 8. The molecule has 8 nitrogen and oxygen atoms in total. The first kappa shape index (κ1) is 25.8. The van der Waals surface area contributed by atoms with Crippen LogP contribution in [-0.2, 0) is 14.8 Å². The molecule has 1 rings (SSSR count). The molecule has 1 fully saturated rings. The summed E-state index contributed by atoms with van der Waals surface area (Å²) in [7, 11) is -3.27. The maximum absolute atomic E-state index is 11.4. The number of halogens is 1. The van der Waals surface area contributed by atoms with E-state index in [0.29, 0.717) is 12.5 Å². The van der Waals surface area contributed by atoms with Crippen LogP contribution in [0.3, 0.4) is 0 Å². The number of hydrogen-bond acceptors (Lipinski definition) is 5. The minimum absolute atomic E-state index is 0. The molecule has 1 heterocycles. The molecule has 0 spiro atoms. The van der Waals surface area contributed by atoms with Gasteiger partial charge in [0.25, 0.3) is 0 Å². The van der Waals surface area contributed by atoms with E-state index in [0.717, 1.165) is 45.6 Å². The van der Waals surface area contributed by atoms with Crippen molar-refractivity contribution in [2.24, 2.45) is 4.99 Å². The predicted molar refractivity (Wildman–Crippen MR) is 118 cm³/mol. The van der Waals surface area contributed by atoms with E-state index >= 15 is 0 Å². The van der Waals surface area contributed by atoms with Gasteiger partial charge in [-0.05, 0) is 34.6 Å². The van der Waals surface area contributed by atoms with Gasteiger partial charge in [0.2, 0.25) is 10.0 Å². The lowest BCUT2D eigenvalue weighted by Gasteiger charge is -2.41. The zero-order valence-corrected chi connectivity index (χ0v) is 20.0. The molecule has 0 atom stereocenters. The molecular weight excluding hydrogens is 469 g/mol. The number of nitrogens with zero attached hydrogens (tertiary/aromatic N) is 2. The second-order valence-corrected chi connectivity index (χ2v) is 9.47. The number of aliphatic imine (C=N–C) groups is 1. The SMILES string of the molecule is CCNC(=NCC(C)(C)NS(C)(=O)=O)NCC(C)(C)N1CCOCC1.I. The fourth-order valence-electron chi connectivity index (χ4n) is 2.73. The van der Waals surface area contributed by atoms with Gasteiger partial charge in [0.15, 0.2) is 5.96 Å². The van der Waals surface area contributed by atoms with Crippen LogP contribution in [0.2, 0.25) is 0 Å². The van der Waals surface area contributed by atoms with Gasteiger partial charge in [-0.1, -0.05) is 0 Å². The third-order valence-corrected chi connectivity index (χ3v) is 4.92. The smallest absolute Gasteiger partial charge is 0.209 e. The van der Waals surface area contributed by atoms with Crippen LogP contribution in [0.25, 0.3) is 0 Å². The molecule has 0 bridgehead atoms. The summed E-state index contributed by atoms with van der Waals surface area (Å²) in [5.74, 6) is 0.687. The summed E-state index contributed by atoms with van der Waals surface area (Å²) in [4.78, 5) is 6.95. The molecule has 0 aliphatic carbocycles. The van der Waals surface area contributed by atoms with Crippen LogP contribution in [0.15, 0.2) is 4.99 Å². The summed E-state index contributed by atoms with van der Waals surface area (Å²) in [6, 6.07) is 0. The van der Waals surface area contributed by atoms with Crippen molar-refractivity contribution in [1.29, 1.82) is 0 Å². The Morgan fingerprint density at radius 1 is 1.15 bits per heavy atom. The molecule has 1 aliphatic heterocycles. The highest BCUT2D eigenvalue weighted by Gasteiger charge is 2.28. The van der Waals surface area contributed by atoms with Crippen molar-refractivity contribution >= 4 is 40.0 Å². The number of ether oxygens (including phenoxy) is 1. The van der Waals surface area contributed by atoms with Crippen LogP contribution in [0.4, 0.5) is 0 Å². The second-order valence-electron chi connectivity index (χ2n) is 7.72. The molecule has 0 amide bonds. The number of sulfonamides is 1. The van der Waals surface area contributed by atoms with Crippen molar-refractivity contribution in [2.75, 3.05) is 52.2 Å². The first-order valence-electron chi connectivity index (χ1n) is 8.79. The van der Waals surface area contributed by atoms with Crippen molar-refractivity contribution in [3.8, 4) is 0 Å². The molecule has 0 radical (unpaired) electrons. The topological polar surface area (TPSA) is 95.1 Å². The van der Waals surface area contributed by atoms with Gasteiger partial charge in [-0.2, -0.15) is 0 Å². The largest absolute Gasteiger partial charge is 0.379 e. The van der Waals surface area contributed by atoms with Gasteiger partial charge in [0, 0.05) is 37.3 Å². The summed E-state index contributed by atoms with van der Waals surface area (Å²) in [6.45, 7) is 15.2. The Morgan fingerprint density at radius 3 is 2.23 bits per heavy atom. The highest BCUT2D eigenvalue weighted by atomic mass is 127. The molecule has 0 unspecified atom stereocenters. The number of nitrogens with one attached hydrogen (secondary N) is 3. The monoisotopic (exact) mass is 505 g/mol. The van der Waals surface area contributed by atoms with E-state index in [4.69, 9.17) is 4.74 Å². The Morgan fingerprint density at radius 2 is 1.73 bits per heavy atom. The molecule has 1 saturated heterocycles. The van der Waals surface area contributed by atoms with Gasteiger partial charge in [-0.3, -0.25) is 9.89 Å². The average molecular weight is 505 g/mol. The van der Waals surface area contributed by atoms with Crippen LogP contribution in [0.5, 0.6) is 0 Å². The van der Waals surface area contributed by atoms with Gasteiger partial charge in [-0.25, -0.2) is 13.1 Å². The number of morpholine rings is 1. The fraction of sp³-hybridized carbons (Fsp3) is 0.938. The molecule has 156 valence electrons. The summed E-state index contributed by atoms with van der Waals surface area (Å²) >= 11 is 0. The minimum Gasteiger partial charge on any atom is -0.379 e. The third kappa shape index (κ3) is 10.2. The zero-order chi connectivity index (χ0) is 19.1. The van der Waals surface area contributed by atoms with Crippen molar-refractivity contribution < 1.29 is 13.2 Å². The van der Waals surface area contributed by atoms with Crippen molar-refractivity contribution in [1.82, 2.24) is 20.3 Å². The van der Waals surface area contributed by atoms with Crippen LogP contribution in [0, 0.1) is 0 Å². The maximum atomic E-state index is 11.4. The standard InChI is InChI=1S/C16H35N5O3S.HI/c1-7-17-14(18-12-15(2,3)20-25(6,22)23)19-13-16(4,5)21-8-10-24-11-9-21;/h20H,7-13H2,1-6H3,(H2,17,18,19);1H. The van der Waals surface area contributed by atoms with E-state index in [9.17, 15) is 8.42 Å². The van der Waals surface area contributed by atoms with E-state index < -0.39 is 15.6 Å². The predicted octanol–water partition coefficient (Wildman–Crippen LogP) is 0.598. The van der Waals surface area contributed by atoms with E-state index in [-0.39, 0.29) is 29.5 Å². The molecular formula is C16H36IN5O3S. The van der Waals surface area contributed by atoms with Gasteiger partial charge < -0.3 is 15.4 Å². The minimum atomic E-state index is -3.27. The van der Waals surface area contributed by atoms with E-state index in [1.807, 2.05) is 20.8 Å². The first-order chi connectivity index (χ1) is 11.5. The lowest BCUT2D eigenvalue weighted by Crippen LogP contribution is -2.56. The quantitative estimate of drug-likeness (QED) is 0.254. The zero-order valence-electron chi connectivity index (χ0n) is 16.9. The first-order valence-corrected chi connectivity index (χ1v) is 10.7. The summed E-state index contributed by atoms with van der Waals surface area (Å²) < 4.78 is 30.9. The number of hydrogen-bond donors (Lipinski definition) is 3.